The summed E-state index contributed by atoms with van der Waals surface area (Å²) in [6.07, 6.45) is 1.74. The van der Waals surface area contributed by atoms with Crippen molar-refractivity contribution in [2.75, 3.05) is 7.11 Å². The molecule has 1 heterocycles. The molecule has 0 saturated heterocycles. The van der Waals surface area contributed by atoms with Crippen molar-refractivity contribution in [2.24, 2.45) is 0 Å². The molecule has 0 aliphatic rings. The first kappa shape index (κ1) is 14.3. The molecule has 19 heavy (non-hydrogen) atoms. The van der Waals surface area contributed by atoms with E-state index in [-0.39, 0.29) is 0 Å². The zero-order valence-electron chi connectivity index (χ0n) is 10.5. The fraction of sp³-hybridized carbons (Fsp3) is 0.214. The van der Waals surface area contributed by atoms with Gasteiger partial charge in [-0.05, 0) is 29.3 Å². The third-order valence-corrected chi connectivity index (χ3v) is 3.64. The number of rotatable bonds is 5. The van der Waals surface area contributed by atoms with Gasteiger partial charge in [-0.1, -0.05) is 33.6 Å². The number of ether oxygens (including phenoxy) is 1. The Bertz CT molecular complexity index is 563. The second-order valence-electron chi connectivity index (χ2n) is 4.05. The minimum atomic E-state index is 0.631. The van der Waals surface area contributed by atoms with Crippen LogP contribution < -0.4 is 10.1 Å². The lowest BCUT2D eigenvalue weighted by Gasteiger charge is -2.08. The van der Waals surface area contributed by atoms with Gasteiger partial charge in [0.05, 0.1) is 7.11 Å². The van der Waals surface area contributed by atoms with E-state index in [1.807, 2.05) is 30.3 Å². The van der Waals surface area contributed by atoms with Crippen molar-refractivity contribution < 1.29 is 4.74 Å². The molecule has 0 fully saturated rings. The number of nitrogens with one attached hydrogen (secondary N) is 1. The van der Waals surface area contributed by atoms with E-state index in [0.717, 1.165) is 28.1 Å². The van der Waals surface area contributed by atoms with Gasteiger partial charge in [0.15, 0.2) is 0 Å². The minimum Gasteiger partial charge on any atom is -0.481 e. The highest BCUT2D eigenvalue weighted by molar-refractivity contribution is 9.10. The van der Waals surface area contributed by atoms with Crippen LogP contribution in [0.1, 0.15) is 11.1 Å². The van der Waals surface area contributed by atoms with Gasteiger partial charge in [0.25, 0.3) is 0 Å². The zero-order chi connectivity index (χ0) is 13.7. The highest BCUT2D eigenvalue weighted by Crippen LogP contribution is 2.21. The van der Waals surface area contributed by atoms with E-state index in [9.17, 15) is 0 Å². The van der Waals surface area contributed by atoms with Gasteiger partial charge in [0.2, 0.25) is 5.88 Å². The van der Waals surface area contributed by atoms with Gasteiger partial charge < -0.3 is 10.1 Å². The summed E-state index contributed by atoms with van der Waals surface area (Å²) in [4.78, 5) is 4.08. The Hall–Kier alpha value is -1.10. The van der Waals surface area contributed by atoms with Crippen LogP contribution in [0, 0.1) is 0 Å². The highest BCUT2D eigenvalue weighted by atomic mass is 79.9. The average Bonchev–Trinajstić information content (AvgIpc) is 2.41. The quantitative estimate of drug-likeness (QED) is 0.898. The van der Waals surface area contributed by atoms with Gasteiger partial charge in [-0.25, -0.2) is 4.98 Å². The lowest BCUT2D eigenvalue weighted by atomic mass is 10.2. The molecule has 1 aromatic carbocycles. The number of nitrogens with zero attached hydrogens (tertiary/aromatic N) is 1. The molecular formula is C14H14BrClN2O. The second kappa shape index (κ2) is 6.89. The second-order valence-corrected chi connectivity index (χ2v) is 5.34. The average molecular weight is 342 g/mol. The van der Waals surface area contributed by atoms with Crippen molar-refractivity contribution in [3.8, 4) is 5.88 Å². The number of halogens is 2. The molecule has 100 valence electrons. The lowest BCUT2D eigenvalue weighted by Crippen LogP contribution is -2.13. The monoisotopic (exact) mass is 340 g/mol. The van der Waals surface area contributed by atoms with Gasteiger partial charge in [0, 0.05) is 34.8 Å². The van der Waals surface area contributed by atoms with Crippen LogP contribution >= 0.6 is 27.5 Å². The Labute approximate surface area is 126 Å². The summed E-state index contributed by atoms with van der Waals surface area (Å²) in [6.45, 7) is 1.52. The fourth-order valence-electron chi connectivity index (χ4n) is 1.68. The predicted molar refractivity (Wildman–Crippen MR) is 80.5 cm³/mol. The molecule has 0 atom stereocenters. The van der Waals surface area contributed by atoms with Crippen LogP contribution in [-0.4, -0.2) is 12.1 Å². The minimum absolute atomic E-state index is 0.631. The van der Waals surface area contributed by atoms with Crippen LogP contribution in [0.15, 0.2) is 41.0 Å². The first-order valence-electron chi connectivity index (χ1n) is 5.82. The Balaban J connectivity index is 1.92. The molecule has 2 rings (SSSR count). The molecule has 0 spiro atoms. The van der Waals surface area contributed by atoms with Crippen LogP contribution in [0.4, 0.5) is 0 Å². The van der Waals surface area contributed by atoms with Crippen molar-refractivity contribution in [3.63, 3.8) is 0 Å². The molecule has 5 heteroatoms. The van der Waals surface area contributed by atoms with Crippen molar-refractivity contribution in [1.29, 1.82) is 0 Å². The van der Waals surface area contributed by atoms with E-state index < -0.39 is 0 Å². The largest absolute Gasteiger partial charge is 0.481 e. The topological polar surface area (TPSA) is 34.1 Å². The molecule has 0 aliphatic carbocycles. The summed E-state index contributed by atoms with van der Waals surface area (Å²) < 4.78 is 6.10. The Morgan fingerprint density at radius 2 is 2.11 bits per heavy atom. The number of hydrogen-bond acceptors (Lipinski definition) is 3. The van der Waals surface area contributed by atoms with E-state index >= 15 is 0 Å². The normalized spacial score (nSPS) is 10.5. The van der Waals surface area contributed by atoms with Gasteiger partial charge in [-0.3, -0.25) is 0 Å². The number of aromatic nitrogens is 1. The van der Waals surface area contributed by atoms with Crippen LogP contribution in [-0.2, 0) is 13.1 Å². The Kier molecular flexibility index (Phi) is 5.19. The fourth-order valence-corrected chi connectivity index (χ4v) is 2.50. The first-order chi connectivity index (χ1) is 9.19. The van der Waals surface area contributed by atoms with E-state index in [4.69, 9.17) is 16.3 Å². The molecule has 0 radical (unpaired) electrons. The summed E-state index contributed by atoms with van der Waals surface area (Å²) >= 11 is 9.41. The molecule has 0 bridgehead atoms. The number of methoxy groups -OCH3 is 1. The maximum atomic E-state index is 5.91. The predicted octanol–water partition coefficient (Wildman–Crippen LogP) is 3.80. The molecule has 0 unspecified atom stereocenters. The van der Waals surface area contributed by atoms with Crippen LogP contribution in [0.25, 0.3) is 0 Å². The molecule has 3 nitrogen and oxygen atoms in total. The summed E-state index contributed by atoms with van der Waals surface area (Å²) in [7, 11) is 1.62. The van der Waals surface area contributed by atoms with Crippen molar-refractivity contribution in [3.05, 3.63) is 57.2 Å². The SMILES string of the molecule is COc1cc(CNCc2ccc(Cl)cc2Br)ccn1. The first-order valence-corrected chi connectivity index (χ1v) is 6.99. The smallest absolute Gasteiger partial charge is 0.213 e. The third kappa shape index (κ3) is 4.20. The van der Waals surface area contributed by atoms with E-state index in [0.29, 0.717) is 5.88 Å². The molecule has 1 aromatic heterocycles. The summed E-state index contributed by atoms with van der Waals surface area (Å²) in [5.74, 6) is 0.631. The van der Waals surface area contributed by atoms with E-state index in [2.05, 4.69) is 26.2 Å². The van der Waals surface area contributed by atoms with Crippen LogP contribution in [0.2, 0.25) is 5.02 Å². The number of benzene rings is 1. The van der Waals surface area contributed by atoms with Gasteiger partial charge in [-0.2, -0.15) is 0 Å². The highest BCUT2D eigenvalue weighted by Gasteiger charge is 2.01. The molecule has 2 aromatic rings. The maximum absolute atomic E-state index is 5.91. The van der Waals surface area contributed by atoms with Crippen LogP contribution in [0.3, 0.4) is 0 Å². The molecular weight excluding hydrogens is 328 g/mol. The van der Waals surface area contributed by atoms with Crippen molar-refractivity contribution in [2.45, 2.75) is 13.1 Å². The molecule has 0 saturated carbocycles. The maximum Gasteiger partial charge on any atom is 0.213 e. The van der Waals surface area contributed by atoms with Gasteiger partial charge >= 0.3 is 0 Å². The Morgan fingerprint density at radius 1 is 1.26 bits per heavy atom. The number of pyridine rings is 1. The zero-order valence-corrected chi connectivity index (χ0v) is 12.8. The third-order valence-electron chi connectivity index (χ3n) is 2.67. The van der Waals surface area contributed by atoms with Crippen molar-refractivity contribution in [1.82, 2.24) is 10.3 Å². The summed E-state index contributed by atoms with van der Waals surface area (Å²) in [5, 5.41) is 4.10. The molecule has 0 aliphatic heterocycles. The summed E-state index contributed by atoms with van der Waals surface area (Å²) in [5.41, 5.74) is 2.31. The van der Waals surface area contributed by atoms with Crippen LogP contribution in [0.5, 0.6) is 5.88 Å². The molecule has 0 amide bonds. The molecule has 1 N–H and O–H groups in total. The standard InChI is InChI=1S/C14H14BrClN2O/c1-19-14-6-10(4-5-18-14)8-17-9-11-2-3-12(16)7-13(11)15/h2-7,17H,8-9H2,1H3. The number of hydrogen-bond donors (Lipinski definition) is 1. The van der Waals surface area contributed by atoms with Gasteiger partial charge in [0.1, 0.15) is 0 Å². The van der Waals surface area contributed by atoms with Crippen molar-refractivity contribution >= 4 is 27.5 Å². The lowest BCUT2D eigenvalue weighted by molar-refractivity contribution is 0.397. The van der Waals surface area contributed by atoms with E-state index in [1.165, 1.54) is 5.56 Å². The summed E-state index contributed by atoms with van der Waals surface area (Å²) in [6, 6.07) is 9.68. The van der Waals surface area contributed by atoms with Gasteiger partial charge in [-0.15, -0.1) is 0 Å². The van der Waals surface area contributed by atoms with E-state index in [1.54, 1.807) is 13.3 Å². The Morgan fingerprint density at radius 3 is 2.84 bits per heavy atom.